The van der Waals surface area contributed by atoms with Gasteiger partial charge in [0.15, 0.2) is 11.6 Å². The highest BCUT2D eigenvalue weighted by Crippen LogP contribution is 2.34. The average molecular weight is 257 g/mol. The minimum absolute atomic E-state index is 0.379. The van der Waals surface area contributed by atoms with Crippen LogP contribution >= 0.6 is 15.9 Å². The molecule has 0 aliphatic heterocycles. The molecule has 0 aliphatic rings. The summed E-state index contributed by atoms with van der Waals surface area (Å²) in [5.41, 5.74) is -0.277. The van der Waals surface area contributed by atoms with E-state index in [0.29, 0.717) is 10.0 Å². The summed E-state index contributed by atoms with van der Waals surface area (Å²) in [6.07, 6.45) is 5.31. The molecule has 1 aromatic rings. The zero-order valence-electron chi connectivity index (χ0n) is 7.94. The Morgan fingerprint density at radius 1 is 1.50 bits per heavy atom. The van der Waals surface area contributed by atoms with Crippen LogP contribution in [0.25, 0.3) is 0 Å². The minimum Gasteiger partial charge on any atom is -0.505 e. The fourth-order valence-electron chi connectivity index (χ4n) is 1.12. The Morgan fingerprint density at radius 2 is 2.07 bits per heavy atom. The predicted molar refractivity (Wildman–Crippen MR) is 57.6 cm³/mol. The quantitative estimate of drug-likeness (QED) is 0.766. The predicted octanol–water partition coefficient (Wildman–Crippen LogP) is 3.20. The zero-order chi connectivity index (χ0) is 10.9. The lowest BCUT2D eigenvalue weighted by Gasteiger charge is -2.19. The summed E-state index contributed by atoms with van der Waals surface area (Å²) in [5.74, 6) is 1.46. The van der Waals surface area contributed by atoms with Gasteiger partial charge in [-0.3, -0.25) is 0 Å². The van der Waals surface area contributed by atoms with Crippen molar-refractivity contribution < 1.29 is 9.50 Å². The van der Waals surface area contributed by atoms with Gasteiger partial charge >= 0.3 is 0 Å². The molecule has 3 heteroatoms. The lowest BCUT2D eigenvalue weighted by molar-refractivity contribution is 0.417. The van der Waals surface area contributed by atoms with E-state index in [1.54, 1.807) is 19.9 Å². The van der Waals surface area contributed by atoms with Crippen LogP contribution in [0.15, 0.2) is 16.6 Å². The van der Waals surface area contributed by atoms with E-state index in [9.17, 15) is 9.50 Å². The number of phenolic OH excluding ortho intramolecular Hbond substituents is 1. The van der Waals surface area contributed by atoms with Crippen molar-refractivity contribution in [2.75, 3.05) is 0 Å². The first-order chi connectivity index (χ1) is 6.38. The van der Waals surface area contributed by atoms with Gasteiger partial charge in [0.05, 0.1) is 5.41 Å². The number of rotatable bonds is 1. The molecule has 0 amide bonds. The molecule has 1 rings (SSSR count). The molecule has 1 nitrogen and oxygen atoms in total. The summed E-state index contributed by atoms with van der Waals surface area (Å²) >= 11 is 3.15. The first kappa shape index (κ1) is 11.1. The molecule has 14 heavy (non-hydrogen) atoms. The maximum Gasteiger partial charge on any atom is 0.166 e. The summed E-state index contributed by atoms with van der Waals surface area (Å²) in [5, 5.41) is 9.50. The van der Waals surface area contributed by atoms with Crippen molar-refractivity contribution in [3.05, 3.63) is 28.0 Å². The summed E-state index contributed by atoms with van der Waals surface area (Å²) in [7, 11) is 0. The van der Waals surface area contributed by atoms with Crippen molar-refractivity contribution in [3.63, 3.8) is 0 Å². The lowest BCUT2D eigenvalue weighted by atomic mass is 9.85. The molecule has 0 saturated heterocycles. The molecule has 1 N–H and O–H groups in total. The van der Waals surface area contributed by atoms with Crippen LogP contribution in [0.2, 0.25) is 0 Å². The third-order valence-electron chi connectivity index (χ3n) is 2.06. The van der Waals surface area contributed by atoms with E-state index in [1.165, 1.54) is 6.07 Å². The lowest BCUT2D eigenvalue weighted by Crippen LogP contribution is -2.14. The second-order valence-corrected chi connectivity index (χ2v) is 4.47. The molecule has 1 aromatic carbocycles. The van der Waals surface area contributed by atoms with Gasteiger partial charge in [0.1, 0.15) is 0 Å². The van der Waals surface area contributed by atoms with Crippen molar-refractivity contribution in [1.29, 1.82) is 0 Å². The number of benzene rings is 1. The standard InChI is InChI=1S/C11H10BrFO/c1-4-11(2,3)8-5-7(12)6-9(13)10(8)14/h1,5-6,14H,2-3H3. The van der Waals surface area contributed by atoms with Gasteiger partial charge in [-0.05, 0) is 26.0 Å². The molecule has 0 saturated carbocycles. The number of hydrogen-bond donors (Lipinski definition) is 1. The van der Waals surface area contributed by atoms with Crippen LogP contribution in [0.4, 0.5) is 4.39 Å². The van der Waals surface area contributed by atoms with Crippen LogP contribution in [0.3, 0.4) is 0 Å². The topological polar surface area (TPSA) is 20.2 Å². The Bertz CT molecular complexity index is 404. The van der Waals surface area contributed by atoms with Crippen LogP contribution < -0.4 is 0 Å². The van der Waals surface area contributed by atoms with E-state index < -0.39 is 11.2 Å². The van der Waals surface area contributed by atoms with E-state index in [-0.39, 0.29) is 5.75 Å². The van der Waals surface area contributed by atoms with Crippen molar-refractivity contribution in [2.24, 2.45) is 0 Å². The molecule has 0 aliphatic carbocycles. The molecule has 0 radical (unpaired) electrons. The van der Waals surface area contributed by atoms with E-state index in [0.717, 1.165) is 0 Å². The van der Waals surface area contributed by atoms with Crippen LogP contribution in [0, 0.1) is 18.2 Å². The molecule has 0 unspecified atom stereocenters. The molecule has 0 aromatic heterocycles. The van der Waals surface area contributed by atoms with Crippen LogP contribution in [0.1, 0.15) is 19.4 Å². The molecule has 0 heterocycles. The Balaban J connectivity index is 3.44. The SMILES string of the molecule is C#CC(C)(C)c1cc(Br)cc(F)c1O. The summed E-state index contributed by atoms with van der Waals surface area (Å²) in [6.45, 7) is 3.49. The molecular formula is C11H10BrFO. The number of aromatic hydroxyl groups is 1. The van der Waals surface area contributed by atoms with Crippen molar-refractivity contribution in [3.8, 4) is 18.1 Å². The fourth-order valence-corrected chi connectivity index (χ4v) is 1.55. The first-order valence-electron chi connectivity index (χ1n) is 4.04. The Labute approximate surface area is 91.1 Å². The van der Waals surface area contributed by atoms with Gasteiger partial charge < -0.3 is 5.11 Å². The number of terminal acetylenes is 1. The van der Waals surface area contributed by atoms with Gasteiger partial charge in [0.2, 0.25) is 0 Å². The monoisotopic (exact) mass is 256 g/mol. The van der Waals surface area contributed by atoms with Crippen molar-refractivity contribution in [1.82, 2.24) is 0 Å². The second-order valence-electron chi connectivity index (χ2n) is 3.55. The van der Waals surface area contributed by atoms with Gasteiger partial charge in [-0.2, -0.15) is 0 Å². The molecule has 0 atom stereocenters. The highest BCUT2D eigenvalue weighted by atomic mass is 79.9. The highest BCUT2D eigenvalue weighted by molar-refractivity contribution is 9.10. The van der Waals surface area contributed by atoms with Crippen molar-refractivity contribution in [2.45, 2.75) is 19.3 Å². The smallest absolute Gasteiger partial charge is 0.166 e. The number of hydrogen-bond acceptors (Lipinski definition) is 1. The van der Waals surface area contributed by atoms with Gasteiger partial charge in [0, 0.05) is 10.0 Å². The second kappa shape index (κ2) is 3.62. The molecule has 0 fully saturated rings. The Kier molecular flexibility index (Phi) is 2.86. The minimum atomic E-state index is -0.686. The van der Waals surface area contributed by atoms with Gasteiger partial charge in [-0.1, -0.05) is 21.9 Å². The average Bonchev–Trinajstić information content (AvgIpc) is 2.11. The van der Waals surface area contributed by atoms with Crippen molar-refractivity contribution >= 4 is 15.9 Å². The van der Waals surface area contributed by atoms with Gasteiger partial charge in [-0.25, -0.2) is 4.39 Å². The number of phenols is 1. The summed E-state index contributed by atoms with van der Waals surface area (Å²) in [6, 6.07) is 2.82. The highest BCUT2D eigenvalue weighted by Gasteiger charge is 2.23. The molecule has 0 spiro atoms. The van der Waals surface area contributed by atoms with Gasteiger partial charge in [-0.15, -0.1) is 6.42 Å². The van der Waals surface area contributed by atoms with E-state index in [1.807, 2.05) is 0 Å². The normalized spacial score (nSPS) is 11.1. The fraction of sp³-hybridized carbons (Fsp3) is 0.273. The van der Waals surface area contributed by atoms with E-state index in [2.05, 4.69) is 21.9 Å². The zero-order valence-corrected chi connectivity index (χ0v) is 9.52. The van der Waals surface area contributed by atoms with Crippen LogP contribution in [-0.2, 0) is 5.41 Å². The summed E-state index contributed by atoms with van der Waals surface area (Å²) < 4.78 is 13.7. The Hall–Kier alpha value is -1.01. The van der Waals surface area contributed by atoms with Gasteiger partial charge in [0.25, 0.3) is 0 Å². The number of halogens is 2. The molecular weight excluding hydrogens is 247 g/mol. The third-order valence-corrected chi connectivity index (χ3v) is 2.52. The van der Waals surface area contributed by atoms with E-state index in [4.69, 9.17) is 6.42 Å². The first-order valence-corrected chi connectivity index (χ1v) is 4.84. The largest absolute Gasteiger partial charge is 0.505 e. The third kappa shape index (κ3) is 1.91. The molecule has 0 bridgehead atoms. The maximum atomic E-state index is 13.2. The molecule has 74 valence electrons. The van der Waals surface area contributed by atoms with E-state index >= 15 is 0 Å². The van der Waals surface area contributed by atoms with Crippen LogP contribution in [-0.4, -0.2) is 5.11 Å². The van der Waals surface area contributed by atoms with Crippen LogP contribution in [0.5, 0.6) is 5.75 Å². The Morgan fingerprint density at radius 3 is 2.57 bits per heavy atom. The summed E-state index contributed by atoms with van der Waals surface area (Å²) in [4.78, 5) is 0. The maximum absolute atomic E-state index is 13.2.